The van der Waals surface area contributed by atoms with Crippen LogP contribution in [0.2, 0.25) is 0 Å². The van der Waals surface area contributed by atoms with Gasteiger partial charge < -0.3 is 5.32 Å². The fourth-order valence-electron chi connectivity index (χ4n) is 4.22. The molecule has 0 atom stereocenters. The first-order valence-electron chi connectivity index (χ1n) is 10.9. The number of halogens is 1. The quantitative estimate of drug-likeness (QED) is 0.439. The average molecular weight is 426 g/mol. The molecule has 162 valence electrons. The molecule has 1 aromatic heterocycles. The van der Waals surface area contributed by atoms with E-state index in [1.54, 1.807) is 12.3 Å². The van der Waals surface area contributed by atoms with Gasteiger partial charge >= 0.3 is 0 Å². The lowest BCUT2D eigenvalue weighted by molar-refractivity contribution is 0.623. The Morgan fingerprint density at radius 1 is 1.09 bits per heavy atom. The molecule has 4 heteroatoms. The van der Waals surface area contributed by atoms with Crippen molar-refractivity contribution in [2.24, 2.45) is 4.99 Å². The molecule has 0 aliphatic heterocycles. The summed E-state index contributed by atoms with van der Waals surface area (Å²) in [5.74, 6) is -0.265. The topological polar surface area (TPSA) is 37.3 Å². The third kappa shape index (κ3) is 4.54. The SMILES string of the molecule is C=C(Nc1ccc2c(c1)CCCC(C)=C2N=C(C)c1cccnc1)c1c(C)cccc1F. The third-order valence-corrected chi connectivity index (χ3v) is 5.94. The monoisotopic (exact) mass is 425 g/mol. The minimum absolute atomic E-state index is 0.265. The fourth-order valence-corrected chi connectivity index (χ4v) is 4.22. The van der Waals surface area contributed by atoms with Crippen molar-refractivity contribution in [3.8, 4) is 0 Å². The van der Waals surface area contributed by atoms with Crippen molar-refractivity contribution in [1.29, 1.82) is 0 Å². The zero-order chi connectivity index (χ0) is 22.7. The highest BCUT2D eigenvalue weighted by Crippen LogP contribution is 2.34. The zero-order valence-corrected chi connectivity index (χ0v) is 18.9. The molecule has 0 spiro atoms. The molecule has 2 aromatic carbocycles. The highest BCUT2D eigenvalue weighted by Gasteiger charge is 2.17. The molecule has 0 amide bonds. The van der Waals surface area contributed by atoms with Gasteiger partial charge in [0, 0.05) is 46.2 Å². The van der Waals surface area contributed by atoms with Crippen molar-refractivity contribution in [2.75, 3.05) is 5.32 Å². The largest absolute Gasteiger partial charge is 0.355 e. The number of aliphatic imine (C=N–C) groups is 1. The standard InChI is InChI=1S/C28H28FN3/c1-18-8-6-12-26(29)27(18)21(4)31-24-13-14-25-22(16-24)10-5-9-19(2)28(25)32-20(3)23-11-7-15-30-17-23/h6-8,11-17,31H,4-5,9-10H2,1-3H3. The molecular weight excluding hydrogens is 397 g/mol. The maximum atomic E-state index is 14.4. The number of hydrogen-bond donors (Lipinski definition) is 1. The van der Waals surface area contributed by atoms with Crippen LogP contribution in [0.5, 0.6) is 0 Å². The fraction of sp³-hybridized carbons (Fsp3) is 0.214. The van der Waals surface area contributed by atoms with Gasteiger partial charge in [-0.3, -0.25) is 9.98 Å². The van der Waals surface area contributed by atoms with Crippen molar-refractivity contribution in [3.63, 3.8) is 0 Å². The Morgan fingerprint density at radius 2 is 1.94 bits per heavy atom. The van der Waals surface area contributed by atoms with Crippen LogP contribution in [0.25, 0.3) is 11.4 Å². The summed E-state index contributed by atoms with van der Waals surface area (Å²) < 4.78 is 14.4. The summed E-state index contributed by atoms with van der Waals surface area (Å²) in [7, 11) is 0. The Morgan fingerprint density at radius 3 is 2.69 bits per heavy atom. The number of hydrogen-bond acceptors (Lipinski definition) is 3. The smallest absolute Gasteiger partial charge is 0.132 e. The lowest BCUT2D eigenvalue weighted by Crippen LogP contribution is -2.03. The van der Waals surface area contributed by atoms with Gasteiger partial charge in [-0.15, -0.1) is 0 Å². The van der Waals surface area contributed by atoms with E-state index in [0.717, 1.165) is 53.0 Å². The normalized spacial score (nSPS) is 14.1. The van der Waals surface area contributed by atoms with Crippen LogP contribution in [0.3, 0.4) is 0 Å². The molecule has 1 aliphatic rings. The molecule has 0 saturated heterocycles. The Labute approximate surface area is 189 Å². The molecule has 1 heterocycles. The van der Waals surface area contributed by atoms with Crippen LogP contribution in [-0.4, -0.2) is 10.7 Å². The van der Waals surface area contributed by atoms with Gasteiger partial charge in [-0.1, -0.05) is 30.8 Å². The minimum Gasteiger partial charge on any atom is -0.355 e. The molecule has 0 radical (unpaired) electrons. The van der Waals surface area contributed by atoms with Crippen molar-refractivity contribution in [2.45, 2.75) is 40.0 Å². The maximum absolute atomic E-state index is 14.4. The van der Waals surface area contributed by atoms with Crippen LogP contribution in [0.15, 0.2) is 78.1 Å². The number of benzene rings is 2. The summed E-state index contributed by atoms with van der Waals surface area (Å²) in [6.45, 7) is 10.2. The second-order valence-electron chi connectivity index (χ2n) is 8.33. The van der Waals surface area contributed by atoms with Gasteiger partial charge in [0.2, 0.25) is 0 Å². The first kappa shape index (κ1) is 21.7. The highest BCUT2D eigenvalue weighted by molar-refractivity contribution is 6.01. The van der Waals surface area contributed by atoms with E-state index in [1.165, 1.54) is 17.2 Å². The van der Waals surface area contributed by atoms with Gasteiger partial charge in [-0.25, -0.2) is 4.39 Å². The number of pyridine rings is 1. The van der Waals surface area contributed by atoms with Crippen LogP contribution in [-0.2, 0) is 6.42 Å². The number of aromatic nitrogens is 1. The van der Waals surface area contributed by atoms with E-state index in [9.17, 15) is 4.39 Å². The van der Waals surface area contributed by atoms with E-state index >= 15 is 0 Å². The maximum Gasteiger partial charge on any atom is 0.132 e. The number of rotatable bonds is 5. The molecule has 4 rings (SSSR count). The van der Waals surface area contributed by atoms with Crippen molar-refractivity contribution in [1.82, 2.24) is 4.98 Å². The van der Waals surface area contributed by atoms with Crippen LogP contribution in [0.4, 0.5) is 10.1 Å². The van der Waals surface area contributed by atoms with Gasteiger partial charge in [0.15, 0.2) is 0 Å². The summed E-state index contributed by atoms with van der Waals surface area (Å²) >= 11 is 0. The minimum atomic E-state index is -0.265. The molecule has 0 bridgehead atoms. The van der Waals surface area contributed by atoms with Gasteiger partial charge in [-0.05, 0) is 81.0 Å². The first-order valence-corrected chi connectivity index (χ1v) is 10.9. The molecule has 3 aromatic rings. The summed E-state index contributed by atoms with van der Waals surface area (Å²) in [6, 6.07) is 15.3. The van der Waals surface area contributed by atoms with Crippen LogP contribution < -0.4 is 5.32 Å². The summed E-state index contributed by atoms with van der Waals surface area (Å²) in [6.07, 6.45) is 6.67. The molecule has 1 aliphatic carbocycles. The van der Waals surface area contributed by atoms with Crippen LogP contribution in [0.1, 0.15) is 54.5 Å². The highest BCUT2D eigenvalue weighted by atomic mass is 19.1. The molecule has 1 N–H and O–H groups in total. The number of aryl methyl sites for hydroxylation is 2. The number of anilines is 1. The van der Waals surface area contributed by atoms with E-state index in [4.69, 9.17) is 4.99 Å². The van der Waals surface area contributed by atoms with E-state index in [2.05, 4.69) is 35.9 Å². The number of allylic oxidation sites excluding steroid dienone is 1. The Kier molecular flexibility index (Phi) is 6.31. The molecule has 0 unspecified atom stereocenters. The second-order valence-corrected chi connectivity index (χ2v) is 8.33. The number of nitrogens with one attached hydrogen (secondary N) is 1. The molecule has 0 fully saturated rings. The molecular formula is C28H28FN3. The van der Waals surface area contributed by atoms with E-state index in [-0.39, 0.29) is 5.82 Å². The van der Waals surface area contributed by atoms with Crippen LogP contribution in [0, 0.1) is 12.7 Å². The Hall–Kier alpha value is -3.53. The van der Waals surface area contributed by atoms with Crippen LogP contribution >= 0.6 is 0 Å². The lowest BCUT2D eigenvalue weighted by atomic mass is 10.0. The number of nitrogens with zero attached hydrogens (tertiary/aromatic N) is 2. The molecule has 32 heavy (non-hydrogen) atoms. The van der Waals surface area contributed by atoms with Gasteiger partial charge in [0.1, 0.15) is 5.82 Å². The summed E-state index contributed by atoms with van der Waals surface area (Å²) in [5.41, 5.74) is 9.54. The molecule has 3 nitrogen and oxygen atoms in total. The van der Waals surface area contributed by atoms with Crippen molar-refractivity contribution >= 4 is 22.8 Å². The third-order valence-electron chi connectivity index (χ3n) is 5.94. The summed E-state index contributed by atoms with van der Waals surface area (Å²) in [4.78, 5) is 9.24. The van der Waals surface area contributed by atoms with E-state index in [0.29, 0.717) is 11.3 Å². The Balaban J connectivity index is 1.66. The van der Waals surface area contributed by atoms with Gasteiger partial charge in [-0.2, -0.15) is 0 Å². The predicted molar refractivity (Wildman–Crippen MR) is 132 cm³/mol. The molecule has 0 saturated carbocycles. The summed E-state index contributed by atoms with van der Waals surface area (Å²) in [5, 5.41) is 3.31. The average Bonchev–Trinajstić information content (AvgIpc) is 2.92. The predicted octanol–water partition coefficient (Wildman–Crippen LogP) is 7.19. The van der Waals surface area contributed by atoms with Gasteiger partial charge in [0.05, 0.1) is 5.70 Å². The van der Waals surface area contributed by atoms with E-state index in [1.807, 2.05) is 44.3 Å². The Bertz CT molecular complexity index is 1200. The van der Waals surface area contributed by atoms with Gasteiger partial charge in [0.25, 0.3) is 0 Å². The number of fused-ring (bicyclic) bond motifs is 1. The van der Waals surface area contributed by atoms with E-state index < -0.39 is 0 Å². The van der Waals surface area contributed by atoms with Crippen molar-refractivity contribution < 1.29 is 4.39 Å². The second kappa shape index (κ2) is 9.31. The van der Waals surface area contributed by atoms with Crippen molar-refractivity contribution in [3.05, 3.63) is 107 Å². The zero-order valence-electron chi connectivity index (χ0n) is 18.9. The lowest BCUT2D eigenvalue weighted by Gasteiger charge is -2.16. The first-order chi connectivity index (χ1) is 15.4.